The van der Waals surface area contributed by atoms with Crippen LogP contribution in [0.3, 0.4) is 0 Å². The molecule has 0 radical (unpaired) electrons. The SMILES string of the molecule is O=C(NCc1nc2ccccc2n1CCCOc1ccccc1Cl)c1ccccc1F. The van der Waals surface area contributed by atoms with Crippen molar-refractivity contribution in [2.24, 2.45) is 0 Å². The standard InChI is InChI=1S/C24H21ClFN3O2/c25-18-9-2-6-13-22(18)31-15-7-14-29-21-12-5-4-11-20(21)28-23(29)16-27-24(30)17-8-1-3-10-19(17)26/h1-6,8-13H,7,14-16H2,(H,27,30). The van der Waals surface area contributed by atoms with Gasteiger partial charge in [-0.3, -0.25) is 4.79 Å². The highest BCUT2D eigenvalue weighted by Crippen LogP contribution is 2.23. The fraction of sp³-hybridized carbons (Fsp3) is 0.167. The summed E-state index contributed by atoms with van der Waals surface area (Å²) in [5.41, 5.74) is 1.82. The minimum Gasteiger partial charge on any atom is -0.492 e. The molecule has 5 nitrogen and oxygen atoms in total. The highest BCUT2D eigenvalue weighted by molar-refractivity contribution is 6.32. The molecular formula is C24H21ClFN3O2. The van der Waals surface area contributed by atoms with Crippen LogP contribution in [0.4, 0.5) is 4.39 Å². The Balaban J connectivity index is 1.45. The number of nitrogens with one attached hydrogen (secondary N) is 1. The zero-order valence-electron chi connectivity index (χ0n) is 16.7. The van der Waals surface area contributed by atoms with E-state index in [-0.39, 0.29) is 12.1 Å². The van der Waals surface area contributed by atoms with E-state index < -0.39 is 11.7 Å². The predicted molar refractivity (Wildman–Crippen MR) is 119 cm³/mol. The predicted octanol–water partition coefficient (Wildman–Crippen LogP) is 5.23. The van der Waals surface area contributed by atoms with E-state index in [1.165, 1.54) is 12.1 Å². The molecule has 1 amide bonds. The maximum atomic E-state index is 13.9. The van der Waals surface area contributed by atoms with Crippen molar-refractivity contribution in [3.63, 3.8) is 0 Å². The summed E-state index contributed by atoms with van der Waals surface area (Å²) >= 11 is 6.13. The van der Waals surface area contributed by atoms with Gasteiger partial charge in [0.15, 0.2) is 0 Å². The van der Waals surface area contributed by atoms with E-state index in [2.05, 4.69) is 10.3 Å². The second kappa shape index (κ2) is 9.62. The maximum Gasteiger partial charge on any atom is 0.254 e. The highest BCUT2D eigenvalue weighted by atomic mass is 35.5. The smallest absolute Gasteiger partial charge is 0.254 e. The number of carbonyl (C=O) groups is 1. The molecule has 158 valence electrons. The number of ether oxygens (including phenoxy) is 1. The summed E-state index contributed by atoms with van der Waals surface area (Å²) < 4.78 is 21.7. The number of imidazole rings is 1. The van der Waals surface area contributed by atoms with Crippen LogP contribution in [0.15, 0.2) is 72.8 Å². The molecule has 0 atom stereocenters. The zero-order chi connectivity index (χ0) is 21.6. The van der Waals surface area contributed by atoms with E-state index in [4.69, 9.17) is 16.3 Å². The molecular weight excluding hydrogens is 417 g/mol. The van der Waals surface area contributed by atoms with Gasteiger partial charge in [0.05, 0.1) is 34.8 Å². The van der Waals surface area contributed by atoms with E-state index in [1.54, 1.807) is 18.2 Å². The summed E-state index contributed by atoms with van der Waals surface area (Å²) in [6, 6.07) is 21.0. The van der Waals surface area contributed by atoms with Crippen molar-refractivity contribution in [3.8, 4) is 5.75 Å². The van der Waals surface area contributed by atoms with Gasteiger partial charge in [-0.05, 0) is 42.8 Å². The molecule has 0 bridgehead atoms. The van der Waals surface area contributed by atoms with Gasteiger partial charge in [0, 0.05) is 6.54 Å². The number of hydrogen-bond donors (Lipinski definition) is 1. The fourth-order valence-corrected chi connectivity index (χ4v) is 3.57. The van der Waals surface area contributed by atoms with Crippen molar-refractivity contribution in [1.29, 1.82) is 0 Å². The van der Waals surface area contributed by atoms with Crippen LogP contribution in [-0.4, -0.2) is 22.1 Å². The number of hydrogen-bond acceptors (Lipinski definition) is 3. The minimum atomic E-state index is -0.551. The van der Waals surface area contributed by atoms with Crippen LogP contribution in [0.5, 0.6) is 5.75 Å². The lowest BCUT2D eigenvalue weighted by molar-refractivity contribution is 0.0945. The van der Waals surface area contributed by atoms with Gasteiger partial charge >= 0.3 is 0 Å². The molecule has 0 saturated carbocycles. The lowest BCUT2D eigenvalue weighted by atomic mass is 10.2. The van der Waals surface area contributed by atoms with E-state index in [0.29, 0.717) is 29.7 Å². The van der Waals surface area contributed by atoms with Crippen molar-refractivity contribution in [2.45, 2.75) is 19.5 Å². The summed E-state index contributed by atoms with van der Waals surface area (Å²) in [6.07, 6.45) is 0.722. The molecule has 1 heterocycles. The van der Waals surface area contributed by atoms with Crippen LogP contribution in [0.2, 0.25) is 5.02 Å². The van der Waals surface area contributed by atoms with Crippen LogP contribution in [0.25, 0.3) is 11.0 Å². The van der Waals surface area contributed by atoms with Crippen molar-refractivity contribution in [1.82, 2.24) is 14.9 Å². The number of rotatable bonds is 8. The van der Waals surface area contributed by atoms with E-state index in [1.807, 2.05) is 47.0 Å². The lowest BCUT2D eigenvalue weighted by Crippen LogP contribution is -2.25. The maximum absolute atomic E-state index is 13.9. The van der Waals surface area contributed by atoms with E-state index in [9.17, 15) is 9.18 Å². The number of amides is 1. The third kappa shape index (κ3) is 4.86. The molecule has 7 heteroatoms. The Morgan fingerprint density at radius 2 is 1.77 bits per heavy atom. The number of benzene rings is 3. The topological polar surface area (TPSA) is 56.2 Å². The van der Waals surface area contributed by atoms with Crippen molar-refractivity contribution in [2.75, 3.05) is 6.61 Å². The van der Waals surface area contributed by atoms with Gasteiger partial charge in [-0.1, -0.05) is 48.0 Å². The number of aromatic nitrogens is 2. The Bertz CT molecular complexity index is 1210. The average molecular weight is 438 g/mol. The molecule has 1 N–H and O–H groups in total. The zero-order valence-corrected chi connectivity index (χ0v) is 17.5. The molecule has 4 rings (SSSR count). The molecule has 0 saturated heterocycles. The number of nitrogens with zero attached hydrogens (tertiary/aromatic N) is 2. The summed E-state index contributed by atoms with van der Waals surface area (Å²) in [4.78, 5) is 17.0. The number of halogens is 2. The van der Waals surface area contributed by atoms with Gasteiger partial charge in [0.25, 0.3) is 5.91 Å². The van der Waals surface area contributed by atoms with Crippen LogP contribution in [0, 0.1) is 5.82 Å². The summed E-state index contributed by atoms with van der Waals surface area (Å²) in [5, 5.41) is 3.35. The Morgan fingerprint density at radius 1 is 1.03 bits per heavy atom. The molecule has 4 aromatic rings. The van der Waals surface area contributed by atoms with Gasteiger partial charge in [0.2, 0.25) is 0 Å². The molecule has 31 heavy (non-hydrogen) atoms. The molecule has 0 fully saturated rings. The van der Waals surface area contributed by atoms with Gasteiger partial charge in [-0.15, -0.1) is 0 Å². The summed E-state index contributed by atoms with van der Waals surface area (Å²) in [6.45, 7) is 1.32. The Labute approximate surface area is 184 Å². The molecule has 0 aliphatic carbocycles. The largest absolute Gasteiger partial charge is 0.492 e. The van der Waals surface area contributed by atoms with Gasteiger partial charge in [-0.25, -0.2) is 9.37 Å². The molecule has 0 aliphatic rings. The van der Waals surface area contributed by atoms with E-state index >= 15 is 0 Å². The quantitative estimate of drug-likeness (QED) is 0.384. The molecule has 0 aliphatic heterocycles. The summed E-state index contributed by atoms with van der Waals surface area (Å²) in [5.74, 6) is 0.324. The van der Waals surface area contributed by atoms with Gasteiger partial charge < -0.3 is 14.6 Å². The first-order valence-corrected chi connectivity index (χ1v) is 10.4. The monoisotopic (exact) mass is 437 g/mol. The molecule has 1 aromatic heterocycles. The van der Waals surface area contributed by atoms with Crippen LogP contribution < -0.4 is 10.1 Å². The van der Waals surface area contributed by atoms with Crippen LogP contribution >= 0.6 is 11.6 Å². The van der Waals surface area contributed by atoms with Crippen molar-refractivity contribution in [3.05, 3.63) is 95.0 Å². The third-order valence-electron chi connectivity index (χ3n) is 4.88. The number of aryl methyl sites for hydroxylation is 1. The van der Waals surface area contributed by atoms with Gasteiger partial charge in [-0.2, -0.15) is 0 Å². The number of para-hydroxylation sites is 3. The van der Waals surface area contributed by atoms with Crippen molar-refractivity contribution >= 4 is 28.5 Å². The number of fused-ring (bicyclic) bond motifs is 1. The fourth-order valence-electron chi connectivity index (χ4n) is 3.38. The molecule has 0 spiro atoms. The second-order valence-electron chi connectivity index (χ2n) is 6.96. The highest BCUT2D eigenvalue weighted by Gasteiger charge is 2.14. The van der Waals surface area contributed by atoms with Crippen LogP contribution in [0.1, 0.15) is 22.6 Å². The first kappa shape index (κ1) is 20.9. The Kier molecular flexibility index (Phi) is 6.48. The average Bonchev–Trinajstić information content (AvgIpc) is 3.14. The van der Waals surface area contributed by atoms with Gasteiger partial charge in [0.1, 0.15) is 17.4 Å². The van der Waals surface area contributed by atoms with E-state index in [0.717, 1.165) is 17.5 Å². The normalized spacial score (nSPS) is 10.9. The molecule has 0 unspecified atom stereocenters. The second-order valence-corrected chi connectivity index (χ2v) is 7.37. The summed E-state index contributed by atoms with van der Waals surface area (Å²) in [7, 11) is 0. The van der Waals surface area contributed by atoms with Crippen LogP contribution in [-0.2, 0) is 13.1 Å². The first-order chi connectivity index (χ1) is 15.1. The Hall–Kier alpha value is -3.38. The third-order valence-corrected chi connectivity index (χ3v) is 5.19. The number of carbonyl (C=O) groups excluding carboxylic acids is 1. The molecule has 3 aromatic carbocycles. The Morgan fingerprint density at radius 3 is 2.61 bits per heavy atom. The minimum absolute atomic E-state index is 0.0123. The first-order valence-electron chi connectivity index (χ1n) is 9.97. The lowest BCUT2D eigenvalue weighted by Gasteiger charge is -2.12. The van der Waals surface area contributed by atoms with Crippen molar-refractivity contribution < 1.29 is 13.9 Å².